The SMILES string of the molecule is O=S(=O)(c1ccc(NC(=S)N(Cc2ccccc2)c2ccccc2)cc1)N1CCOCC1. The lowest BCUT2D eigenvalue weighted by atomic mass is 10.2. The topological polar surface area (TPSA) is 61.9 Å². The van der Waals surface area contributed by atoms with Crippen LogP contribution in [0, 0.1) is 0 Å². The minimum Gasteiger partial charge on any atom is -0.379 e. The molecule has 0 radical (unpaired) electrons. The fraction of sp³-hybridized carbons (Fsp3) is 0.208. The van der Waals surface area contributed by atoms with E-state index < -0.39 is 10.0 Å². The van der Waals surface area contributed by atoms with Crippen molar-refractivity contribution >= 4 is 38.7 Å². The molecule has 0 bridgehead atoms. The van der Waals surface area contributed by atoms with Crippen molar-refractivity contribution in [2.45, 2.75) is 11.4 Å². The molecule has 32 heavy (non-hydrogen) atoms. The van der Waals surface area contributed by atoms with Gasteiger partial charge in [0.2, 0.25) is 10.0 Å². The minimum atomic E-state index is -3.52. The summed E-state index contributed by atoms with van der Waals surface area (Å²) in [5, 5.41) is 3.78. The van der Waals surface area contributed by atoms with Crippen molar-refractivity contribution in [1.82, 2.24) is 4.31 Å². The van der Waals surface area contributed by atoms with Gasteiger partial charge in [-0.2, -0.15) is 4.31 Å². The molecular weight excluding hydrogens is 442 g/mol. The normalized spacial score (nSPS) is 14.6. The molecule has 6 nitrogen and oxygen atoms in total. The number of sulfonamides is 1. The molecule has 0 unspecified atom stereocenters. The fourth-order valence-electron chi connectivity index (χ4n) is 3.49. The maximum Gasteiger partial charge on any atom is 0.243 e. The molecule has 0 amide bonds. The Kier molecular flexibility index (Phi) is 7.16. The summed E-state index contributed by atoms with van der Waals surface area (Å²) in [4.78, 5) is 2.28. The molecule has 1 saturated heterocycles. The first-order valence-corrected chi connectivity index (χ1v) is 12.2. The van der Waals surface area contributed by atoms with Crippen LogP contribution in [0.5, 0.6) is 0 Å². The van der Waals surface area contributed by atoms with Crippen LogP contribution >= 0.6 is 12.2 Å². The summed E-state index contributed by atoms with van der Waals surface area (Å²) >= 11 is 5.72. The summed E-state index contributed by atoms with van der Waals surface area (Å²) in [6.07, 6.45) is 0. The van der Waals surface area contributed by atoms with Gasteiger partial charge in [0.25, 0.3) is 0 Å². The van der Waals surface area contributed by atoms with E-state index in [2.05, 4.69) is 17.4 Å². The number of nitrogens with one attached hydrogen (secondary N) is 1. The number of benzene rings is 3. The van der Waals surface area contributed by atoms with Crippen molar-refractivity contribution in [3.05, 3.63) is 90.5 Å². The summed E-state index contributed by atoms with van der Waals surface area (Å²) in [7, 11) is -3.52. The molecule has 0 aliphatic carbocycles. The number of hydrogen-bond acceptors (Lipinski definition) is 4. The van der Waals surface area contributed by atoms with E-state index in [1.807, 2.05) is 53.4 Å². The van der Waals surface area contributed by atoms with Gasteiger partial charge in [-0.3, -0.25) is 0 Å². The first kappa shape index (κ1) is 22.4. The minimum absolute atomic E-state index is 0.264. The molecule has 4 rings (SSSR count). The van der Waals surface area contributed by atoms with Crippen molar-refractivity contribution < 1.29 is 13.2 Å². The highest BCUT2D eigenvalue weighted by Crippen LogP contribution is 2.22. The maximum atomic E-state index is 12.8. The van der Waals surface area contributed by atoms with Crippen LogP contribution in [-0.2, 0) is 21.3 Å². The van der Waals surface area contributed by atoms with Gasteiger partial charge in [-0.25, -0.2) is 8.42 Å². The zero-order valence-corrected chi connectivity index (χ0v) is 19.2. The molecule has 0 spiro atoms. The molecule has 1 N–H and O–H groups in total. The van der Waals surface area contributed by atoms with Crippen LogP contribution in [0.3, 0.4) is 0 Å². The highest BCUT2D eigenvalue weighted by Gasteiger charge is 2.26. The van der Waals surface area contributed by atoms with Crippen LogP contribution in [0.15, 0.2) is 89.8 Å². The van der Waals surface area contributed by atoms with Gasteiger partial charge in [-0.05, 0) is 54.2 Å². The molecule has 1 aliphatic rings. The van der Waals surface area contributed by atoms with E-state index in [0.29, 0.717) is 38.0 Å². The molecule has 166 valence electrons. The number of rotatable bonds is 6. The van der Waals surface area contributed by atoms with Crippen molar-refractivity contribution in [2.24, 2.45) is 0 Å². The average molecular weight is 468 g/mol. The number of thiocarbonyl (C=S) groups is 1. The highest BCUT2D eigenvalue weighted by molar-refractivity contribution is 7.89. The van der Waals surface area contributed by atoms with Crippen LogP contribution in [0.25, 0.3) is 0 Å². The maximum absolute atomic E-state index is 12.8. The second-order valence-corrected chi connectivity index (χ2v) is 9.70. The number of hydrogen-bond donors (Lipinski definition) is 1. The van der Waals surface area contributed by atoms with E-state index in [1.54, 1.807) is 24.3 Å². The molecule has 3 aromatic carbocycles. The van der Waals surface area contributed by atoms with Crippen LogP contribution in [0.1, 0.15) is 5.56 Å². The first-order valence-electron chi connectivity index (χ1n) is 10.4. The van der Waals surface area contributed by atoms with Gasteiger partial charge < -0.3 is 15.0 Å². The van der Waals surface area contributed by atoms with Gasteiger partial charge in [0.15, 0.2) is 5.11 Å². The van der Waals surface area contributed by atoms with E-state index in [-0.39, 0.29) is 4.90 Å². The molecule has 1 fully saturated rings. The van der Waals surface area contributed by atoms with Crippen LogP contribution in [0.4, 0.5) is 11.4 Å². The quantitative estimate of drug-likeness (QED) is 0.551. The Morgan fingerprint density at radius 1 is 0.906 bits per heavy atom. The molecule has 8 heteroatoms. The second kappa shape index (κ2) is 10.2. The summed E-state index contributed by atoms with van der Waals surface area (Å²) in [5.74, 6) is 0. The summed E-state index contributed by atoms with van der Waals surface area (Å²) in [6, 6.07) is 26.7. The number of ether oxygens (including phenoxy) is 1. The Balaban J connectivity index is 1.50. The fourth-order valence-corrected chi connectivity index (χ4v) is 5.19. The third-order valence-corrected chi connectivity index (χ3v) is 7.45. The van der Waals surface area contributed by atoms with E-state index in [9.17, 15) is 8.42 Å². The molecule has 0 saturated carbocycles. The van der Waals surface area contributed by atoms with E-state index in [0.717, 1.165) is 16.9 Å². The zero-order chi connectivity index (χ0) is 22.4. The monoisotopic (exact) mass is 467 g/mol. The third kappa shape index (κ3) is 5.34. The lowest BCUT2D eigenvalue weighted by Crippen LogP contribution is -2.40. The summed E-state index contributed by atoms with van der Waals surface area (Å²) in [6.45, 7) is 2.20. The average Bonchev–Trinajstić information content (AvgIpc) is 2.84. The van der Waals surface area contributed by atoms with Gasteiger partial charge >= 0.3 is 0 Å². The lowest BCUT2D eigenvalue weighted by Gasteiger charge is -2.27. The third-order valence-electron chi connectivity index (χ3n) is 5.21. The molecule has 1 heterocycles. The zero-order valence-electron chi connectivity index (χ0n) is 17.6. The first-order chi connectivity index (χ1) is 15.5. The molecule has 0 aromatic heterocycles. The van der Waals surface area contributed by atoms with Crippen molar-refractivity contribution in [3.8, 4) is 0 Å². The highest BCUT2D eigenvalue weighted by atomic mass is 32.2. The van der Waals surface area contributed by atoms with E-state index in [4.69, 9.17) is 17.0 Å². The standard InChI is InChI=1S/C24H25N3O3S2/c28-32(29,26-15-17-30-18-16-26)23-13-11-21(12-14-23)25-24(31)27(22-9-5-2-6-10-22)19-20-7-3-1-4-8-20/h1-14H,15-19H2,(H,25,31). The van der Waals surface area contributed by atoms with Gasteiger partial charge in [0.1, 0.15) is 0 Å². The van der Waals surface area contributed by atoms with Crippen molar-refractivity contribution in [1.29, 1.82) is 0 Å². The molecule has 1 aliphatic heterocycles. The van der Waals surface area contributed by atoms with Gasteiger partial charge in [-0.1, -0.05) is 48.5 Å². The Hall–Kier alpha value is -2.78. The van der Waals surface area contributed by atoms with Crippen LogP contribution < -0.4 is 10.2 Å². The Morgan fingerprint density at radius 3 is 2.12 bits per heavy atom. The van der Waals surface area contributed by atoms with Gasteiger partial charge in [-0.15, -0.1) is 0 Å². The second-order valence-electron chi connectivity index (χ2n) is 7.38. The largest absolute Gasteiger partial charge is 0.379 e. The molecule has 0 atom stereocenters. The predicted molar refractivity (Wildman–Crippen MR) is 131 cm³/mol. The lowest BCUT2D eigenvalue weighted by molar-refractivity contribution is 0.0730. The summed E-state index contributed by atoms with van der Waals surface area (Å²) < 4.78 is 32.4. The van der Waals surface area contributed by atoms with Crippen LogP contribution in [-0.4, -0.2) is 44.1 Å². The number of morpholine rings is 1. The Bertz CT molecular complexity index is 1130. The van der Waals surface area contributed by atoms with E-state index >= 15 is 0 Å². The number of anilines is 2. The molecular formula is C24H25N3O3S2. The van der Waals surface area contributed by atoms with Gasteiger partial charge in [0.05, 0.1) is 24.7 Å². The van der Waals surface area contributed by atoms with E-state index in [1.165, 1.54) is 4.31 Å². The Morgan fingerprint density at radius 2 is 1.50 bits per heavy atom. The Labute approximate surface area is 194 Å². The number of para-hydroxylation sites is 1. The number of nitrogens with zero attached hydrogens (tertiary/aromatic N) is 2. The summed E-state index contributed by atoms with van der Waals surface area (Å²) in [5.41, 5.74) is 2.83. The van der Waals surface area contributed by atoms with Crippen molar-refractivity contribution in [3.63, 3.8) is 0 Å². The van der Waals surface area contributed by atoms with Crippen molar-refractivity contribution in [2.75, 3.05) is 36.5 Å². The predicted octanol–water partition coefficient (Wildman–Crippen LogP) is 4.11. The smallest absolute Gasteiger partial charge is 0.243 e. The van der Waals surface area contributed by atoms with Crippen LogP contribution in [0.2, 0.25) is 0 Å². The van der Waals surface area contributed by atoms with Gasteiger partial charge in [0, 0.05) is 24.5 Å². The molecule has 3 aromatic rings.